The number of alkyl halides is 3. The maximum Gasteiger partial charge on any atom is 0.391 e. The smallest absolute Gasteiger partial charge is 0.342 e. The highest BCUT2D eigenvalue weighted by Gasteiger charge is 2.43. The molecule has 1 amide bonds. The van der Waals surface area contributed by atoms with Gasteiger partial charge in [0.1, 0.15) is 0 Å². The van der Waals surface area contributed by atoms with Gasteiger partial charge in [0, 0.05) is 39.3 Å². The Morgan fingerprint density at radius 2 is 1.49 bits per heavy atom. The molecule has 0 saturated carbocycles. The van der Waals surface area contributed by atoms with Crippen molar-refractivity contribution >= 4 is 26.0 Å². The fourth-order valence-electron chi connectivity index (χ4n) is 4.69. The molecule has 0 spiro atoms. The molecule has 0 aromatic heterocycles. The first-order chi connectivity index (χ1) is 16.3. The number of hydrogen-bond donors (Lipinski definition) is 0. The Labute approximate surface area is 205 Å². The molecule has 0 N–H and O–H groups in total. The molecule has 0 aliphatic carbocycles. The number of nitrogens with zero attached hydrogens (tertiary/aromatic N) is 3. The van der Waals surface area contributed by atoms with Crippen molar-refractivity contribution in [2.45, 2.75) is 55.5 Å². The third-order valence-electron chi connectivity index (χ3n) is 6.81. The fourth-order valence-corrected chi connectivity index (χ4v) is 7.67. The predicted molar refractivity (Wildman–Crippen MR) is 123 cm³/mol. The van der Waals surface area contributed by atoms with Gasteiger partial charge in [0.25, 0.3) is 0 Å². The van der Waals surface area contributed by atoms with Crippen molar-refractivity contribution in [1.29, 1.82) is 0 Å². The monoisotopic (exact) mass is 539 g/mol. The van der Waals surface area contributed by atoms with Crippen molar-refractivity contribution in [2.24, 2.45) is 11.8 Å². The minimum atomic E-state index is -4.27. The van der Waals surface area contributed by atoms with Crippen molar-refractivity contribution in [2.75, 3.05) is 39.3 Å². The normalized spacial score (nSPS) is 21.4. The molecule has 2 aliphatic heterocycles. The Morgan fingerprint density at radius 1 is 0.943 bits per heavy atom. The topological polar surface area (TPSA) is 95.1 Å². The number of rotatable bonds is 7. The molecule has 2 saturated heterocycles. The maximum absolute atomic E-state index is 13.2. The molecule has 198 valence electrons. The zero-order valence-corrected chi connectivity index (χ0v) is 21.5. The molecular formula is C22H32F3N3O5S2. The number of likely N-dealkylation sites (tertiary alicyclic amines) is 1. The van der Waals surface area contributed by atoms with Gasteiger partial charge in [-0.2, -0.15) is 21.8 Å². The molecule has 1 unspecified atom stereocenters. The van der Waals surface area contributed by atoms with Gasteiger partial charge in [0.15, 0.2) is 0 Å². The second-order valence-corrected chi connectivity index (χ2v) is 12.8. The van der Waals surface area contributed by atoms with Crippen LogP contribution in [0.3, 0.4) is 0 Å². The van der Waals surface area contributed by atoms with Gasteiger partial charge in [-0.3, -0.25) is 4.79 Å². The Hall–Kier alpha value is -1.70. The average molecular weight is 540 g/mol. The summed E-state index contributed by atoms with van der Waals surface area (Å²) in [6.07, 6.45) is -3.65. The molecule has 3 rings (SSSR count). The lowest BCUT2D eigenvalue weighted by atomic mass is 9.93. The summed E-state index contributed by atoms with van der Waals surface area (Å²) in [6.45, 7) is 4.18. The van der Waals surface area contributed by atoms with E-state index in [1.165, 1.54) is 37.8 Å². The second-order valence-electron chi connectivity index (χ2n) is 8.90. The number of carbonyl (C=O) groups excluding carboxylic acids is 1. The largest absolute Gasteiger partial charge is 0.391 e. The first kappa shape index (κ1) is 27.9. The van der Waals surface area contributed by atoms with Gasteiger partial charge < -0.3 is 4.90 Å². The highest BCUT2D eigenvalue weighted by Crippen LogP contribution is 2.35. The predicted octanol–water partition coefficient (Wildman–Crippen LogP) is 2.92. The Balaban J connectivity index is 1.69. The molecule has 8 nitrogen and oxygen atoms in total. The van der Waals surface area contributed by atoms with Crippen molar-refractivity contribution < 1.29 is 34.8 Å². The Bertz CT molecular complexity index is 1100. The lowest BCUT2D eigenvalue weighted by Crippen LogP contribution is -2.49. The van der Waals surface area contributed by atoms with E-state index >= 15 is 0 Å². The van der Waals surface area contributed by atoms with E-state index in [9.17, 15) is 34.8 Å². The fraction of sp³-hybridized carbons (Fsp3) is 0.682. The molecule has 35 heavy (non-hydrogen) atoms. The van der Waals surface area contributed by atoms with Crippen LogP contribution in [0.1, 0.15) is 39.5 Å². The standard InChI is InChI=1S/C22H32F3N3O5S2/c1-3-27(4-2)34(30,31)19-7-9-20(10-8-19)35(32,33)28-13-5-6-17(16-28)21(29)26-14-11-18(12-15-26)22(23,24)25/h7-10,17-18H,3-6,11-16H2,1-2H3. The van der Waals surface area contributed by atoms with Crippen LogP contribution in [0.5, 0.6) is 0 Å². The van der Waals surface area contributed by atoms with Crippen LogP contribution in [-0.2, 0) is 24.8 Å². The SMILES string of the molecule is CCN(CC)S(=O)(=O)c1ccc(S(=O)(=O)N2CCCC(C(=O)N3CCC(C(F)(F)F)CC3)C2)cc1. The van der Waals surface area contributed by atoms with Crippen LogP contribution < -0.4 is 0 Å². The van der Waals surface area contributed by atoms with Gasteiger partial charge in [-0.15, -0.1) is 0 Å². The third kappa shape index (κ3) is 6.00. The van der Waals surface area contributed by atoms with E-state index in [1.807, 2.05) is 0 Å². The van der Waals surface area contributed by atoms with Crippen LogP contribution in [-0.4, -0.2) is 81.7 Å². The minimum Gasteiger partial charge on any atom is -0.342 e. The number of sulfonamides is 2. The summed E-state index contributed by atoms with van der Waals surface area (Å²) in [5.41, 5.74) is 0. The first-order valence-electron chi connectivity index (χ1n) is 11.8. The van der Waals surface area contributed by atoms with E-state index in [0.717, 1.165) is 0 Å². The molecular weight excluding hydrogens is 507 g/mol. The molecule has 2 heterocycles. The summed E-state index contributed by atoms with van der Waals surface area (Å²) in [6, 6.07) is 5.02. The van der Waals surface area contributed by atoms with Crippen LogP contribution in [0.15, 0.2) is 34.1 Å². The molecule has 1 aromatic rings. The van der Waals surface area contributed by atoms with Crippen molar-refractivity contribution in [3.05, 3.63) is 24.3 Å². The number of benzene rings is 1. The minimum absolute atomic E-state index is 0.00546. The van der Waals surface area contributed by atoms with Crippen LogP contribution in [0.2, 0.25) is 0 Å². The number of halogens is 3. The molecule has 13 heteroatoms. The van der Waals surface area contributed by atoms with Crippen LogP contribution in [0, 0.1) is 11.8 Å². The third-order valence-corrected chi connectivity index (χ3v) is 10.8. The summed E-state index contributed by atoms with van der Waals surface area (Å²) in [5, 5.41) is 0. The molecule has 1 aromatic carbocycles. The molecule has 1 atom stereocenters. The quantitative estimate of drug-likeness (QED) is 0.531. The summed E-state index contributed by atoms with van der Waals surface area (Å²) in [7, 11) is -7.71. The van der Waals surface area contributed by atoms with Gasteiger partial charge in [-0.25, -0.2) is 16.8 Å². The highest BCUT2D eigenvalue weighted by molar-refractivity contribution is 7.89. The van der Waals surface area contributed by atoms with E-state index < -0.39 is 38.1 Å². The summed E-state index contributed by atoms with van der Waals surface area (Å²) < 4.78 is 93.0. The van der Waals surface area contributed by atoms with E-state index in [0.29, 0.717) is 12.8 Å². The Kier molecular flexibility index (Phi) is 8.55. The first-order valence-corrected chi connectivity index (χ1v) is 14.7. The average Bonchev–Trinajstić information content (AvgIpc) is 2.84. The summed E-state index contributed by atoms with van der Waals surface area (Å²) >= 11 is 0. The van der Waals surface area contributed by atoms with E-state index in [4.69, 9.17) is 0 Å². The number of hydrogen-bond acceptors (Lipinski definition) is 5. The highest BCUT2D eigenvalue weighted by atomic mass is 32.2. The number of amides is 1. The maximum atomic E-state index is 13.2. The number of carbonyl (C=O) groups is 1. The van der Waals surface area contributed by atoms with Crippen LogP contribution >= 0.6 is 0 Å². The van der Waals surface area contributed by atoms with E-state index in [2.05, 4.69) is 0 Å². The van der Waals surface area contributed by atoms with Gasteiger partial charge in [0.05, 0.1) is 21.6 Å². The molecule has 2 fully saturated rings. The lowest BCUT2D eigenvalue weighted by Gasteiger charge is -2.37. The lowest BCUT2D eigenvalue weighted by molar-refractivity contribution is -0.187. The Morgan fingerprint density at radius 3 is 2.00 bits per heavy atom. The van der Waals surface area contributed by atoms with Crippen LogP contribution in [0.4, 0.5) is 13.2 Å². The van der Waals surface area contributed by atoms with Crippen LogP contribution in [0.25, 0.3) is 0 Å². The zero-order valence-electron chi connectivity index (χ0n) is 19.9. The molecule has 0 bridgehead atoms. The van der Waals surface area contributed by atoms with Gasteiger partial charge in [-0.1, -0.05) is 13.8 Å². The molecule has 0 radical (unpaired) electrons. The van der Waals surface area contributed by atoms with Crippen molar-refractivity contribution in [3.63, 3.8) is 0 Å². The second kappa shape index (κ2) is 10.7. The molecule has 2 aliphatic rings. The van der Waals surface area contributed by atoms with Gasteiger partial charge >= 0.3 is 6.18 Å². The number of piperidine rings is 2. The van der Waals surface area contributed by atoms with Crippen molar-refractivity contribution in [1.82, 2.24) is 13.5 Å². The van der Waals surface area contributed by atoms with Gasteiger partial charge in [0.2, 0.25) is 26.0 Å². The summed E-state index contributed by atoms with van der Waals surface area (Å²) in [4.78, 5) is 14.3. The zero-order chi connectivity index (χ0) is 26.0. The van der Waals surface area contributed by atoms with Crippen molar-refractivity contribution in [3.8, 4) is 0 Å². The van der Waals surface area contributed by atoms with E-state index in [1.54, 1.807) is 13.8 Å². The van der Waals surface area contributed by atoms with E-state index in [-0.39, 0.29) is 67.8 Å². The van der Waals surface area contributed by atoms with Gasteiger partial charge in [-0.05, 0) is 49.9 Å². The summed E-state index contributed by atoms with van der Waals surface area (Å²) in [5.74, 6) is -2.35.